The van der Waals surface area contributed by atoms with Crippen LogP contribution in [-0.4, -0.2) is 40.9 Å². The van der Waals surface area contributed by atoms with Crippen LogP contribution in [-0.2, 0) is 16.1 Å². The molecule has 0 atom stereocenters. The number of hydrogen-bond acceptors (Lipinski definition) is 6. The zero-order valence-electron chi connectivity index (χ0n) is 11.1. The standard InChI is InChI=1S/C12H16BrN3O3S/c1-3-5-20-6-4-14-9-7-15-16(8-10(17)19-2)12(18)11(9)13/h3,7,14H,1,4-6,8H2,2H3. The number of methoxy groups -OCH3 is 1. The van der Waals surface area contributed by atoms with Crippen molar-refractivity contribution >= 4 is 39.3 Å². The van der Waals surface area contributed by atoms with Crippen molar-refractivity contribution in [3.8, 4) is 0 Å². The highest BCUT2D eigenvalue weighted by molar-refractivity contribution is 9.10. The highest BCUT2D eigenvalue weighted by Gasteiger charge is 2.11. The van der Waals surface area contributed by atoms with Gasteiger partial charge in [-0.25, -0.2) is 4.68 Å². The Hall–Kier alpha value is -1.28. The fourth-order valence-electron chi connectivity index (χ4n) is 1.31. The molecule has 1 aromatic rings. The Morgan fingerprint density at radius 2 is 2.45 bits per heavy atom. The second-order valence-corrected chi connectivity index (χ2v) is 5.64. The number of ether oxygens (including phenoxy) is 1. The molecule has 0 spiro atoms. The van der Waals surface area contributed by atoms with Crippen LogP contribution in [0.4, 0.5) is 5.69 Å². The lowest BCUT2D eigenvalue weighted by molar-refractivity contribution is -0.141. The van der Waals surface area contributed by atoms with Crippen molar-refractivity contribution in [2.45, 2.75) is 6.54 Å². The average Bonchev–Trinajstić information content (AvgIpc) is 2.45. The van der Waals surface area contributed by atoms with Crippen LogP contribution in [0.5, 0.6) is 0 Å². The van der Waals surface area contributed by atoms with Crippen molar-refractivity contribution in [1.82, 2.24) is 9.78 Å². The molecule has 0 radical (unpaired) electrons. The Kier molecular flexibility index (Phi) is 7.38. The highest BCUT2D eigenvalue weighted by atomic mass is 79.9. The first-order chi connectivity index (χ1) is 9.60. The van der Waals surface area contributed by atoms with Gasteiger partial charge in [-0.2, -0.15) is 16.9 Å². The summed E-state index contributed by atoms with van der Waals surface area (Å²) < 4.78 is 5.90. The van der Waals surface area contributed by atoms with Crippen molar-refractivity contribution in [2.24, 2.45) is 0 Å². The van der Waals surface area contributed by atoms with Crippen LogP contribution in [0.2, 0.25) is 0 Å². The van der Waals surface area contributed by atoms with Crippen molar-refractivity contribution in [1.29, 1.82) is 0 Å². The Bertz CT molecular complexity index is 533. The first-order valence-corrected chi connectivity index (χ1v) is 7.79. The van der Waals surface area contributed by atoms with Crippen LogP contribution < -0.4 is 10.9 Å². The maximum absolute atomic E-state index is 12.0. The van der Waals surface area contributed by atoms with E-state index in [1.165, 1.54) is 13.3 Å². The number of esters is 1. The number of nitrogens with zero attached hydrogens (tertiary/aromatic N) is 2. The minimum absolute atomic E-state index is 0.205. The molecule has 0 bridgehead atoms. The summed E-state index contributed by atoms with van der Waals surface area (Å²) in [6.07, 6.45) is 3.35. The molecule has 0 saturated heterocycles. The molecule has 1 heterocycles. The Labute approximate surface area is 129 Å². The summed E-state index contributed by atoms with van der Waals surface area (Å²) in [5.41, 5.74) is 0.231. The first kappa shape index (κ1) is 16.8. The molecular formula is C12H16BrN3O3S. The molecule has 8 heteroatoms. The normalized spacial score (nSPS) is 10.1. The van der Waals surface area contributed by atoms with E-state index in [0.29, 0.717) is 16.7 Å². The van der Waals surface area contributed by atoms with Crippen LogP contribution >= 0.6 is 27.7 Å². The molecule has 0 saturated carbocycles. The minimum atomic E-state index is -0.520. The molecule has 0 aliphatic carbocycles. The van der Waals surface area contributed by atoms with E-state index in [1.54, 1.807) is 11.8 Å². The van der Waals surface area contributed by atoms with E-state index >= 15 is 0 Å². The van der Waals surface area contributed by atoms with Gasteiger partial charge in [0.15, 0.2) is 0 Å². The molecule has 20 heavy (non-hydrogen) atoms. The van der Waals surface area contributed by atoms with E-state index in [1.807, 2.05) is 6.08 Å². The van der Waals surface area contributed by atoms with Crippen LogP contribution in [0.15, 0.2) is 28.1 Å². The van der Waals surface area contributed by atoms with Gasteiger partial charge in [0.1, 0.15) is 11.0 Å². The van der Waals surface area contributed by atoms with Gasteiger partial charge in [-0.3, -0.25) is 9.59 Å². The summed E-state index contributed by atoms with van der Waals surface area (Å²) in [5.74, 6) is 1.26. The summed E-state index contributed by atoms with van der Waals surface area (Å²) in [6, 6.07) is 0. The van der Waals surface area contributed by atoms with E-state index in [9.17, 15) is 9.59 Å². The number of halogens is 1. The maximum Gasteiger partial charge on any atom is 0.327 e. The Morgan fingerprint density at radius 3 is 3.10 bits per heavy atom. The fourth-order valence-corrected chi connectivity index (χ4v) is 2.34. The van der Waals surface area contributed by atoms with E-state index in [0.717, 1.165) is 16.2 Å². The second kappa shape index (κ2) is 8.80. The molecule has 0 aliphatic heterocycles. The van der Waals surface area contributed by atoms with Crippen LogP contribution in [0, 0.1) is 0 Å². The Balaban J connectivity index is 2.66. The highest BCUT2D eigenvalue weighted by Crippen LogP contribution is 2.16. The van der Waals surface area contributed by atoms with E-state index in [4.69, 9.17) is 0 Å². The van der Waals surface area contributed by atoms with Crippen molar-refractivity contribution in [2.75, 3.05) is 30.5 Å². The zero-order chi connectivity index (χ0) is 15.0. The molecule has 110 valence electrons. The van der Waals surface area contributed by atoms with Gasteiger partial charge in [-0.05, 0) is 15.9 Å². The number of anilines is 1. The van der Waals surface area contributed by atoms with Gasteiger partial charge < -0.3 is 10.1 Å². The third-order valence-electron chi connectivity index (χ3n) is 2.29. The smallest absolute Gasteiger partial charge is 0.327 e. The molecule has 0 aromatic carbocycles. The van der Waals surface area contributed by atoms with Gasteiger partial charge in [0, 0.05) is 18.1 Å². The molecule has 0 unspecified atom stereocenters. The predicted molar refractivity (Wildman–Crippen MR) is 84.2 cm³/mol. The molecule has 0 amide bonds. The third kappa shape index (κ3) is 5.01. The lowest BCUT2D eigenvalue weighted by Gasteiger charge is -2.09. The van der Waals surface area contributed by atoms with Crippen LogP contribution in [0.1, 0.15) is 0 Å². The van der Waals surface area contributed by atoms with Crippen molar-refractivity contribution in [3.63, 3.8) is 0 Å². The summed E-state index contributed by atoms with van der Waals surface area (Å²) >= 11 is 4.95. The number of aromatic nitrogens is 2. The number of rotatable bonds is 8. The fraction of sp³-hybridized carbons (Fsp3) is 0.417. The predicted octanol–water partition coefficient (Wildman–Crippen LogP) is 1.51. The van der Waals surface area contributed by atoms with E-state index < -0.39 is 5.97 Å². The van der Waals surface area contributed by atoms with Gasteiger partial charge in [0.05, 0.1) is 19.0 Å². The molecule has 6 nitrogen and oxygen atoms in total. The van der Waals surface area contributed by atoms with Gasteiger partial charge >= 0.3 is 5.97 Å². The van der Waals surface area contributed by atoms with E-state index in [2.05, 4.69) is 37.7 Å². The third-order valence-corrected chi connectivity index (χ3v) is 4.02. The maximum atomic E-state index is 12.0. The summed E-state index contributed by atoms with van der Waals surface area (Å²) in [4.78, 5) is 23.1. The summed E-state index contributed by atoms with van der Waals surface area (Å²) in [5, 5.41) is 7.04. The van der Waals surface area contributed by atoms with Gasteiger partial charge in [-0.1, -0.05) is 6.08 Å². The number of thioether (sulfide) groups is 1. The van der Waals surface area contributed by atoms with Crippen molar-refractivity contribution < 1.29 is 9.53 Å². The SMILES string of the molecule is C=CCSCCNc1cnn(CC(=O)OC)c(=O)c1Br. The van der Waals surface area contributed by atoms with Crippen LogP contribution in [0.25, 0.3) is 0 Å². The summed E-state index contributed by atoms with van der Waals surface area (Å²) in [6.45, 7) is 4.14. The minimum Gasteiger partial charge on any atom is -0.468 e. The van der Waals surface area contributed by atoms with Gasteiger partial charge in [-0.15, -0.1) is 6.58 Å². The number of nitrogens with one attached hydrogen (secondary N) is 1. The molecular weight excluding hydrogens is 346 g/mol. The number of carbonyl (C=O) groups excluding carboxylic acids is 1. The van der Waals surface area contributed by atoms with E-state index in [-0.39, 0.29) is 12.1 Å². The lowest BCUT2D eigenvalue weighted by atomic mass is 10.4. The lowest BCUT2D eigenvalue weighted by Crippen LogP contribution is -2.28. The first-order valence-electron chi connectivity index (χ1n) is 5.85. The molecule has 1 rings (SSSR count). The number of carbonyl (C=O) groups is 1. The zero-order valence-corrected chi connectivity index (χ0v) is 13.5. The second-order valence-electron chi connectivity index (χ2n) is 3.70. The average molecular weight is 362 g/mol. The van der Waals surface area contributed by atoms with Crippen LogP contribution in [0.3, 0.4) is 0 Å². The largest absolute Gasteiger partial charge is 0.468 e. The summed E-state index contributed by atoms with van der Waals surface area (Å²) in [7, 11) is 1.26. The monoisotopic (exact) mass is 361 g/mol. The topological polar surface area (TPSA) is 73.2 Å². The molecule has 1 N–H and O–H groups in total. The van der Waals surface area contributed by atoms with Gasteiger partial charge in [0.25, 0.3) is 5.56 Å². The Morgan fingerprint density at radius 1 is 1.70 bits per heavy atom. The van der Waals surface area contributed by atoms with Gasteiger partial charge in [0.2, 0.25) is 0 Å². The number of hydrogen-bond donors (Lipinski definition) is 1. The quantitative estimate of drug-likeness (QED) is 0.429. The molecule has 0 fully saturated rings. The molecule has 0 aliphatic rings. The van der Waals surface area contributed by atoms with Crippen molar-refractivity contribution in [3.05, 3.63) is 33.7 Å². The molecule has 1 aromatic heterocycles.